The van der Waals surface area contributed by atoms with Gasteiger partial charge in [0, 0.05) is 29.2 Å². The Kier molecular flexibility index (Phi) is 5.72. The molecule has 1 saturated heterocycles. The van der Waals surface area contributed by atoms with Gasteiger partial charge in [-0.1, -0.05) is 23.2 Å². The minimum absolute atomic E-state index is 0.0664. The molecule has 2 aromatic heterocycles. The number of halogens is 2. The summed E-state index contributed by atoms with van der Waals surface area (Å²) >= 11 is 12.1. The van der Waals surface area contributed by atoms with E-state index in [4.69, 9.17) is 28.9 Å². The van der Waals surface area contributed by atoms with Crippen molar-refractivity contribution >= 4 is 52.4 Å². The summed E-state index contributed by atoms with van der Waals surface area (Å²) in [6.45, 7) is 4.18. The molecular formula is C20H21Cl2N7O2. The summed E-state index contributed by atoms with van der Waals surface area (Å²) in [5.41, 5.74) is 8.43. The van der Waals surface area contributed by atoms with Crippen molar-refractivity contribution in [2.75, 3.05) is 17.2 Å². The predicted octanol–water partition coefficient (Wildman–Crippen LogP) is 2.48. The molecule has 1 aliphatic heterocycles. The maximum Gasteiger partial charge on any atom is 0.254 e. The Hall–Kier alpha value is -2.91. The number of aryl methyl sites for hydroxylation is 2. The quantitative estimate of drug-likeness (QED) is 0.615. The van der Waals surface area contributed by atoms with E-state index in [1.165, 1.54) is 4.52 Å². The van der Waals surface area contributed by atoms with Crippen molar-refractivity contribution in [3.63, 3.8) is 0 Å². The van der Waals surface area contributed by atoms with Gasteiger partial charge in [-0.05, 0) is 44.9 Å². The van der Waals surface area contributed by atoms with Gasteiger partial charge in [-0.25, -0.2) is 4.98 Å². The zero-order chi connectivity index (χ0) is 22.3. The van der Waals surface area contributed by atoms with Crippen molar-refractivity contribution in [2.24, 2.45) is 0 Å². The van der Waals surface area contributed by atoms with Crippen LogP contribution in [-0.4, -0.2) is 44.0 Å². The van der Waals surface area contributed by atoms with Crippen LogP contribution in [0, 0.1) is 13.8 Å². The third kappa shape index (κ3) is 4.15. The molecule has 0 saturated carbocycles. The van der Waals surface area contributed by atoms with Gasteiger partial charge in [0.25, 0.3) is 5.78 Å². The number of rotatable bonds is 4. The lowest BCUT2D eigenvalue weighted by atomic mass is 10.0. The first-order chi connectivity index (χ1) is 14.7. The number of carbonyl (C=O) groups excluding carboxylic acids is 2. The van der Waals surface area contributed by atoms with Gasteiger partial charge < -0.3 is 16.0 Å². The van der Waals surface area contributed by atoms with E-state index in [0.717, 1.165) is 17.7 Å². The Morgan fingerprint density at radius 1 is 1.26 bits per heavy atom. The smallest absolute Gasteiger partial charge is 0.254 e. The van der Waals surface area contributed by atoms with Gasteiger partial charge in [0.1, 0.15) is 6.04 Å². The second-order valence-corrected chi connectivity index (χ2v) is 8.28. The van der Waals surface area contributed by atoms with E-state index >= 15 is 0 Å². The second kappa shape index (κ2) is 8.32. The van der Waals surface area contributed by atoms with E-state index in [-0.39, 0.29) is 24.2 Å². The Morgan fingerprint density at radius 2 is 2.03 bits per heavy atom. The number of amides is 2. The highest BCUT2D eigenvalue weighted by Crippen LogP contribution is 2.29. The van der Waals surface area contributed by atoms with Crippen LogP contribution >= 0.6 is 23.2 Å². The van der Waals surface area contributed by atoms with Gasteiger partial charge in [-0.3, -0.25) is 9.59 Å². The molecule has 4 rings (SSSR count). The lowest BCUT2D eigenvalue weighted by Gasteiger charge is -2.33. The van der Waals surface area contributed by atoms with E-state index in [2.05, 4.69) is 20.4 Å². The highest BCUT2D eigenvalue weighted by Gasteiger charge is 2.31. The molecule has 11 heteroatoms. The highest BCUT2D eigenvalue weighted by atomic mass is 35.5. The average molecular weight is 462 g/mol. The number of hydrogen-bond acceptors (Lipinski definition) is 6. The molecule has 3 aromatic rings. The number of piperidine rings is 1. The summed E-state index contributed by atoms with van der Waals surface area (Å²) < 4.78 is 1.52. The molecule has 9 nitrogen and oxygen atoms in total. The summed E-state index contributed by atoms with van der Waals surface area (Å²) in [5.74, 6) is 0.0574. The number of carbonyl (C=O) groups is 2. The Morgan fingerprint density at radius 3 is 2.77 bits per heavy atom. The topological polar surface area (TPSA) is 119 Å². The first kappa shape index (κ1) is 21.3. The van der Waals surface area contributed by atoms with Crippen LogP contribution in [0.5, 0.6) is 0 Å². The Bertz CT molecular complexity index is 1190. The first-order valence-electron chi connectivity index (χ1n) is 9.78. The van der Waals surface area contributed by atoms with Crippen LogP contribution in [0.1, 0.15) is 29.8 Å². The van der Waals surface area contributed by atoms with Gasteiger partial charge in [-0.2, -0.15) is 9.50 Å². The third-order valence-electron chi connectivity index (χ3n) is 5.39. The van der Waals surface area contributed by atoms with Crippen LogP contribution in [0.15, 0.2) is 18.2 Å². The van der Waals surface area contributed by atoms with E-state index in [0.29, 0.717) is 40.2 Å². The Labute approximate surface area is 188 Å². The third-order valence-corrected chi connectivity index (χ3v) is 6.13. The second-order valence-electron chi connectivity index (χ2n) is 7.47. The van der Waals surface area contributed by atoms with Gasteiger partial charge in [-0.15, -0.1) is 5.10 Å². The SMILES string of the molecule is Cc1nc2nc(N)nn2c(C)c1CC(=O)NC1CCCN(c2ccc(Cl)c(Cl)c2)C1=O. The molecule has 162 valence electrons. The molecule has 0 radical (unpaired) electrons. The van der Waals surface area contributed by atoms with Crippen LogP contribution in [0.4, 0.5) is 11.6 Å². The first-order valence-corrected chi connectivity index (χ1v) is 10.5. The summed E-state index contributed by atoms with van der Waals surface area (Å²) in [6.07, 6.45) is 1.38. The van der Waals surface area contributed by atoms with Crippen molar-refractivity contribution in [3.8, 4) is 0 Å². The fraction of sp³-hybridized carbons (Fsp3) is 0.350. The monoisotopic (exact) mass is 461 g/mol. The fourth-order valence-corrected chi connectivity index (χ4v) is 4.10. The zero-order valence-corrected chi connectivity index (χ0v) is 18.5. The molecule has 31 heavy (non-hydrogen) atoms. The molecule has 3 heterocycles. The van der Waals surface area contributed by atoms with Gasteiger partial charge in [0.15, 0.2) is 0 Å². The molecule has 1 aromatic carbocycles. The lowest BCUT2D eigenvalue weighted by Crippen LogP contribution is -2.52. The normalized spacial score (nSPS) is 16.7. The Balaban J connectivity index is 1.50. The largest absolute Gasteiger partial charge is 0.366 e. The number of nitrogens with zero attached hydrogens (tertiary/aromatic N) is 5. The van der Waals surface area contributed by atoms with Crippen molar-refractivity contribution in [1.82, 2.24) is 24.9 Å². The molecule has 2 amide bonds. The molecule has 1 fully saturated rings. The number of nitrogen functional groups attached to an aromatic ring is 1. The van der Waals surface area contributed by atoms with Crippen molar-refractivity contribution < 1.29 is 9.59 Å². The number of hydrogen-bond donors (Lipinski definition) is 2. The number of nitrogens with one attached hydrogen (secondary N) is 1. The van der Waals surface area contributed by atoms with Crippen LogP contribution in [0.2, 0.25) is 10.0 Å². The van der Waals surface area contributed by atoms with Gasteiger partial charge >= 0.3 is 0 Å². The summed E-state index contributed by atoms with van der Waals surface area (Å²) in [4.78, 5) is 35.9. The van der Waals surface area contributed by atoms with Gasteiger partial charge in [0.2, 0.25) is 17.8 Å². The van der Waals surface area contributed by atoms with Crippen LogP contribution in [0.3, 0.4) is 0 Å². The van der Waals surface area contributed by atoms with E-state index in [1.54, 1.807) is 30.0 Å². The number of anilines is 2. The minimum atomic E-state index is -0.616. The maximum atomic E-state index is 13.0. The maximum absolute atomic E-state index is 13.0. The van der Waals surface area contributed by atoms with E-state index in [9.17, 15) is 9.59 Å². The van der Waals surface area contributed by atoms with Crippen molar-refractivity contribution in [2.45, 2.75) is 39.2 Å². The molecule has 0 aliphatic carbocycles. The molecule has 1 unspecified atom stereocenters. The minimum Gasteiger partial charge on any atom is -0.366 e. The van der Waals surface area contributed by atoms with Crippen LogP contribution in [0.25, 0.3) is 5.78 Å². The van der Waals surface area contributed by atoms with Crippen LogP contribution < -0.4 is 16.0 Å². The van der Waals surface area contributed by atoms with E-state index in [1.807, 2.05) is 6.92 Å². The fourth-order valence-electron chi connectivity index (χ4n) is 3.80. The molecule has 0 bridgehead atoms. The standard InChI is InChI=1S/C20H21Cl2N7O2/c1-10-13(11(2)29-20(24-10)26-19(23)27-29)9-17(30)25-16-4-3-7-28(18(16)31)12-5-6-14(21)15(22)8-12/h5-6,8,16H,3-4,7,9H2,1-2H3,(H2,23,27)(H,25,30). The van der Waals surface area contributed by atoms with Crippen molar-refractivity contribution in [3.05, 3.63) is 45.2 Å². The lowest BCUT2D eigenvalue weighted by molar-refractivity contribution is -0.128. The number of aromatic nitrogens is 4. The molecular weight excluding hydrogens is 441 g/mol. The summed E-state index contributed by atoms with van der Waals surface area (Å²) in [6, 6.07) is 4.44. The number of fused-ring (bicyclic) bond motifs is 1. The zero-order valence-electron chi connectivity index (χ0n) is 17.0. The highest BCUT2D eigenvalue weighted by molar-refractivity contribution is 6.42. The molecule has 1 atom stereocenters. The molecule has 3 N–H and O–H groups in total. The van der Waals surface area contributed by atoms with Crippen LogP contribution in [-0.2, 0) is 16.0 Å². The molecule has 1 aliphatic rings. The molecule has 0 spiro atoms. The summed E-state index contributed by atoms with van der Waals surface area (Å²) in [5, 5.41) is 7.78. The predicted molar refractivity (Wildman–Crippen MR) is 118 cm³/mol. The number of nitrogens with two attached hydrogens (primary N) is 1. The summed E-state index contributed by atoms with van der Waals surface area (Å²) in [7, 11) is 0. The van der Waals surface area contributed by atoms with Gasteiger partial charge in [0.05, 0.1) is 16.5 Å². The van der Waals surface area contributed by atoms with E-state index < -0.39 is 6.04 Å². The van der Waals surface area contributed by atoms with Crippen molar-refractivity contribution in [1.29, 1.82) is 0 Å². The average Bonchev–Trinajstić information content (AvgIpc) is 3.09. The number of benzene rings is 1.